The fourth-order valence-electron chi connectivity index (χ4n) is 0.417. The average molecular weight is 125 g/mol. The Hall–Kier alpha value is -1.16. The summed E-state index contributed by atoms with van der Waals surface area (Å²) in [4.78, 5) is 14.2. The number of nitrogens with zero attached hydrogens (tertiary/aromatic N) is 1. The van der Waals surface area contributed by atoms with Crippen molar-refractivity contribution in [3.8, 4) is 0 Å². The number of amidine groups is 1. The maximum atomic E-state index is 10.5. The van der Waals surface area contributed by atoms with Crippen molar-refractivity contribution in [2.75, 3.05) is 6.54 Å². The Morgan fingerprint density at radius 1 is 1.89 bits per heavy atom. The highest BCUT2D eigenvalue weighted by molar-refractivity contribution is 6.07. The highest BCUT2D eigenvalue weighted by Gasteiger charge is 2.02. The number of carbonyl (C=O) groups is 1. The zero-order valence-electron chi connectivity index (χ0n) is 4.79. The number of nitrogens with one attached hydrogen (secondary N) is 1. The van der Waals surface area contributed by atoms with Crippen LogP contribution in [0.5, 0.6) is 0 Å². The second-order valence-electron chi connectivity index (χ2n) is 1.58. The molecule has 48 valence electrons. The summed E-state index contributed by atoms with van der Waals surface area (Å²) in [6.45, 7) is 0.00681. The number of hydrogen-bond acceptors (Lipinski definition) is 3. The lowest BCUT2D eigenvalue weighted by Crippen LogP contribution is -2.35. The molecule has 0 aromatic heterocycles. The second kappa shape index (κ2) is 2.41. The van der Waals surface area contributed by atoms with E-state index in [2.05, 4.69) is 10.3 Å². The third-order valence-electron chi connectivity index (χ3n) is 0.899. The molecule has 0 unspecified atom stereocenters. The van der Waals surface area contributed by atoms with Crippen molar-refractivity contribution in [2.24, 2.45) is 10.7 Å². The molecule has 1 aliphatic heterocycles. The van der Waals surface area contributed by atoms with Crippen molar-refractivity contribution < 1.29 is 4.79 Å². The fourth-order valence-corrected chi connectivity index (χ4v) is 0.417. The molecule has 9 heavy (non-hydrogen) atoms. The summed E-state index contributed by atoms with van der Waals surface area (Å²) in [5.74, 6) is 0.378. The van der Waals surface area contributed by atoms with Crippen molar-refractivity contribution in [3.63, 3.8) is 0 Å². The van der Waals surface area contributed by atoms with Gasteiger partial charge in [0.1, 0.15) is 5.84 Å². The number of amides is 1. The van der Waals surface area contributed by atoms with Crippen molar-refractivity contribution in [2.45, 2.75) is 0 Å². The second-order valence-corrected chi connectivity index (χ2v) is 1.58. The molecule has 0 aliphatic carbocycles. The number of nitrogens with two attached hydrogens (primary N) is 1. The van der Waals surface area contributed by atoms with E-state index in [-0.39, 0.29) is 12.5 Å². The van der Waals surface area contributed by atoms with Gasteiger partial charge < -0.3 is 11.1 Å². The van der Waals surface area contributed by atoms with Crippen LogP contribution >= 0.6 is 0 Å². The highest BCUT2D eigenvalue weighted by Crippen LogP contribution is 1.90. The molecular weight excluding hydrogens is 118 g/mol. The van der Waals surface area contributed by atoms with Gasteiger partial charge in [-0.1, -0.05) is 0 Å². The fraction of sp³-hybridized carbons (Fsp3) is 0.200. The van der Waals surface area contributed by atoms with E-state index in [0.29, 0.717) is 5.84 Å². The molecule has 0 bridgehead atoms. The van der Waals surface area contributed by atoms with Crippen LogP contribution in [0.2, 0.25) is 0 Å². The molecule has 0 spiro atoms. The Balaban J connectivity index is 2.25. The Bertz CT molecular complexity index is 183. The van der Waals surface area contributed by atoms with Crippen LogP contribution in [0.4, 0.5) is 0 Å². The Morgan fingerprint density at radius 2 is 2.56 bits per heavy atom. The van der Waals surface area contributed by atoms with E-state index >= 15 is 0 Å². The average Bonchev–Trinajstić information content (AvgIpc) is 1.78. The molecule has 1 rings (SSSR count). The smallest absolute Gasteiger partial charge is 0.239 e. The maximum absolute atomic E-state index is 10.5. The molecule has 0 atom stereocenters. The van der Waals surface area contributed by atoms with E-state index in [1.165, 1.54) is 0 Å². The topological polar surface area (TPSA) is 67.5 Å². The van der Waals surface area contributed by atoms with E-state index in [1.54, 1.807) is 12.3 Å². The van der Waals surface area contributed by atoms with Crippen molar-refractivity contribution >= 4 is 11.7 Å². The van der Waals surface area contributed by atoms with Gasteiger partial charge in [0.25, 0.3) is 0 Å². The molecule has 1 heterocycles. The van der Waals surface area contributed by atoms with E-state index < -0.39 is 0 Å². The molecule has 0 radical (unpaired) electrons. The van der Waals surface area contributed by atoms with Gasteiger partial charge >= 0.3 is 0 Å². The molecule has 0 saturated heterocycles. The van der Waals surface area contributed by atoms with Crippen LogP contribution in [-0.4, -0.2) is 18.3 Å². The van der Waals surface area contributed by atoms with Crippen LogP contribution in [-0.2, 0) is 4.79 Å². The minimum atomic E-state index is -0.210. The van der Waals surface area contributed by atoms with Crippen LogP contribution in [0.15, 0.2) is 17.3 Å². The number of carbonyl (C=O) groups excluding carboxylic acids is 1. The summed E-state index contributed by atoms with van der Waals surface area (Å²) in [5.41, 5.74) is 5.01. The van der Waals surface area contributed by atoms with Gasteiger partial charge in [0.2, 0.25) is 5.91 Å². The van der Waals surface area contributed by atoms with Gasteiger partial charge in [-0.2, -0.15) is 0 Å². The Kier molecular flexibility index (Phi) is 1.60. The summed E-state index contributed by atoms with van der Waals surface area (Å²) in [6.07, 6.45) is 3.31. The molecule has 0 fully saturated rings. The summed E-state index contributed by atoms with van der Waals surface area (Å²) >= 11 is 0. The van der Waals surface area contributed by atoms with Crippen molar-refractivity contribution in [1.82, 2.24) is 5.32 Å². The van der Waals surface area contributed by atoms with Gasteiger partial charge in [-0.3, -0.25) is 4.79 Å². The SMILES string of the molecule is NCC(=O)NC1=NC=C1. The summed E-state index contributed by atoms with van der Waals surface area (Å²) < 4.78 is 0. The van der Waals surface area contributed by atoms with E-state index in [4.69, 9.17) is 5.73 Å². The lowest BCUT2D eigenvalue weighted by Gasteiger charge is -2.05. The monoisotopic (exact) mass is 125 g/mol. The Labute approximate surface area is 52.5 Å². The van der Waals surface area contributed by atoms with Gasteiger partial charge in [0.15, 0.2) is 0 Å². The van der Waals surface area contributed by atoms with E-state index in [1.807, 2.05) is 0 Å². The molecule has 1 aliphatic rings. The van der Waals surface area contributed by atoms with Crippen LogP contribution < -0.4 is 11.1 Å². The maximum Gasteiger partial charge on any atom is 0.239 e. The number of aliphatic imine (C=N–C) groups is 1. The third kappa shape index (κ3) is 1.36. The normalized spacial score (nSPS) is 14.1. The van der Waals surface area contributed by atoms with Crippen LogP contribution in [0, 0.1) is 0 Å². The minimum absolute atomic E-state index is 0.00681. The molecule has 0 saturated carbocycles. The largest absolute Gasteiger partial charge is 0.322 e. The highest BCUT2D eigenvalue weighted by atomic mass is 16.1. The quantitative estimate of drug-likeness (QED) is 0.471. The molecule has 1 amide bonds. The summed E-state index contributed by atoms with van der Waals surface area (Å²) in [7, 11) is 0. The van der Waals surface area contributed by atoms with Gasteiger partial charge in [-0.25, -0.2) is 4.99 Å². The minimum Gasteiger partial charge on any atom is -0.322 e. The summed E-state index contributed by atoms with van der Waals surface area (Å²) in [6, 6.07) is 0. The van der Waals surface area contributed by atoms with Crippen molar-refractivity contribution in [1.29, 1.82) is 0 Å². The lowest BCUT2D eigenvalue weighted by atomic mass is 10.4. The first-order chi connectivity index (χ1) is 4.33. The first-order valence-corrected chi connectivity index (χ1v) is 2.57. The molecular formula is C5H7N3O. The van der Waals surface area contributed by atoms with E-state index in [9.17, 15) is 4.79 Å². The molecule has 4 heteroatoms. The van der Waals surface area contributed by atoms with Gasteiger partial charge in [0, 0.05) is 6.20 Å². The number of rotatable bonds is 1. The number of hydrogen-bond donors (Lipinski definition) is 2. The molecule has 4 nitrogen and oxygen atoms in total. The molecule has 0 aromatic carbocycles. The van der Waals surface area contributed by atoms with Gasteiger partial charge in [-0.05, 0) is 6.08 Å². The van der Waals surface area contributed by atoms with Crippen LogP contribution in [0.1, 0.15) is 0 Å². The predicted molar refractivity (Wildman–Crippen MR) is 33.8 cm³/mol. The Morgan fingerprint density at radius 3 is 2.89 bits per heavy atom. The standard InChI is InChI=1S/C5H7N3O/c6-3-5(9)8-4-1-2-7-4/h1-2H,3,6H2,(H,7,8,9). The van der Waals surface area contributed by atoms with Crippen LogP contribution in [0.3, 0.4) is 0 Å². The van der Waals surface area contributed by atoms with Gasteiger partial charge in [-0.15, -0.1) is 0 Å². The molecule has 3 N–H and O–H groups in total. The third-order valence-corrected chi connectivity index (χ3v) is 0.899. The van der Waals surface area contributed by atoms with Crippen LogP contribution in [0.25, 0.3) is 0 Å². The first kappa shape index (κ1) is 5.97. The zero-order valence-corrected chi connectivity index (χ0v) is 4.79. The van der Waals surface area contributed by atoms with Gasteiger partial charge in [0.05, 0.1) is 6.54 Å². The summed E-state index contributed by atoms with van der Waals surface area (Å²) in [5, 5.41) is 2.47. The molecule has 0 aromatic rings. The predicted octanol–water partition coefficient (Wildman–Crippen LogP) is -1.01. The van der Waals surface area contributed by atoms with E-state index in [0.717, 1.165) is 0 Å². The lowest BCUT2D eigenvalue weighted by molar-refractivity contribution is -0.118. The van der Waals surface area contributed by atoms with Crippen molar-refractivity contribution in [3.05, 3.63) is 12.3 Å². The first-order valence-electron chi connectivity index (χ1n) is 2.57. The zero-order chi connectivity index (χ0) is 6.69.